The molecule has 0 heterocycles. The molecular weight excluding hydrogens is 385 g/mol. The molecule has 0 spiro atoms. The Labute approximate surface area is 174 Å². The van der Waals surface area contributed by atoms with Gasteiger partial charge in [0.05, 0.1) is 13.2 Å². The number of amides is 1. The maximum atomic E-state index is 13.0. The molecule has 0 aliphatic carbocycles. The van der Waals surface area contributed by atoms with Crippen molar-refractivity contribution in [3.63, 3.8) is 0 Å². The first-order chi connectivity index (χ1) is 14.5. The van der Waals surface area contributed by atoms with Crippen molar-refractivity contribution in [2.45, 2.75) is 13.0 Å². The summed E-state index contributed by atoms with van der Waals surface area (Å²) in [5.74, 6) is 0.275. The third-order valence-electron chi connectivity index (χ3n) is 4.58. The average molecular weight is 407 g/mol. The number of carbonyl (C=O) groups is 2. The van der Waals surface area contributed by atoms with Gasteiger partial charge >= 0.3 is 0 Å². The molecule has 0 bridgehead atoms. The molecule has 1 amide bonds. The normalized spacial score (nSPS) is 11.4. The fourth-order valence-electron chi connectivity index (χ4n) is 3.00. The lowest BCUT2D eigenvalue weighted by atomic mass is 10.0. The van der Waals surface area contributed by atoms with Crippen LogP contribution >= 0.6 is 0 Å². The van der Waals surface area contributed by atoms with Gasteiger partial charge in [-0.1, -0.05) is 18.2 Å². The smallest absolute Gasteiger partial charge is 0.258 e. The lowest BCUT2D eigenvalue weighted by Crippen LogP contribution is -2.31. The van der Waals surface area contributed by atoms with Gasteiger partial charge in [-0.3, -0.25) is 9.59 Å². The minimum atomic E-state index is -0.395. The van der Waals surface area contributed by atoms with E-state index in [9.17, 15) is 14.0 Å². The van der Waals surface area contributed by atoms with Crippen LogP contribution in [0.1, 0.15) is 34.5 Å². The van der Waals surface area contributed by atoms with Crippen LogP contribution in [0.5, 0.6) is 11.5 Å². The maximum absolute atomic E-state index is 13.0. The fraction of sp³-hybridized carbons (Fsp3) is 0.167. The molecule has 0 aromatic heterocycles. The molecule has 6 heteroatoms. The van der Waals surface area contributed by atoms with Crippen LogP contribution in [0.2, 0.25) is 0 Å². The summed E-state index contributed by atoms with van der Waals surface area (Å²) in [7, 11) is 1.58. The van der Waals surface area contributed by atoms with Gasteiger partial charge in [-0.05, 0) is 61.5 Å². The summed E-state index contributed by atoms with van der Waals surface area (Å²) >= 11 is 0. The molecule has 0 saturated heterocycles. The van der Waals surface area contributed by atoms with Crippen LogP contribution in [0, 0.1) is 5.82 Å². The Balaban J connectivity index is 1.55. The molecule has 1 unspecified atom stereocenters. The number of benzene rings is 3. The Morgan fingerprint density at radius 2 is 1.53 bits per heavy atom. The van der Waals surface area contributed by atoms with E-state index in [2.05, 4.69) is 5.32 Å². The van der Waals surface area contributed by atoms with Gasteiger partial charge in [0.25, 0.3) is 5.91 Å². The molecule has 3 aromatic carbocycles. The van der Waals surface area contributed by atoms with Crippen molar-refractivity contribution >= 4 is 11.7 Å². The molecular formula is C24H22FNO4. The first-order valence-electron chi connectivity index (χ1n) is 9.43. The van der Waals surface area contributed by atoms with Crippen molar-refractivity contribution in [3.8, 4) is 11.5 Å². The zero-order chi connectivity index (χ0) is 21.5. The van der Waals surface area contributed by atoms with Gasteiger partial charge in [0, 0.05) is 16.7 Å². The summed E-state index contributed by atoms with van der Waals surface area (Å²) in [6, 6.07) is 19.1. The van der Waals surface area contributed by atoms with E-state index < -0.39 is 5.82 Å². The average Bonchev–Trinajstić information content (AvgIpc) is 2.78. The van der Waals surface area contributed by atoms with Crippen LogP contribution in [0.15, 0.2) is 72.8 Å². The monoisotopic (exact) mass is 407 g/mol. The summed E-state index contributed by atoms with van der Waals surface area (Å²) in [5.41, 5.74) is 1.72. The van der Waals surface area contributed by atoms with Crippen molar-refractivity contribution in [1.82, 2.24) is 5.32 Å². The first kappa shape index (κ1) is 21.0. The number of ketones is 1. The van der Waals surface area contributed by atoms with Gasteiger partial charge in [-0.25, -0.2) is 4.39 Å². The van der Waals surface area contributed by atoms with Crippen molar-refractivity contribution < 1.29 is 23.5 Å². The van der Waals surface area contributed by atoms with Crippen LogP contribution in [-0.4, -0.2) is 25.4 Å². The van der Waals surface area contributed by atoms with E-state index in [0.29, 0.717) is 22.6 Å². The number of rotatable bonds is 8. The van der Waals surface area contributed by atoms with Gasteiger partial charge < -0.3 is 14.8 Å². The van der Waals surface area contributed by atoms with Crippen molar-refractivity contribution in [1.29, 1.82) is 0 Å². The number of hydrogen-bond donors (Lipinski definition) is 1. The largest absolute Gasteiger partial charge is 0.496 e. The van der Waals surface area contributed by atoms with Crippen LogP contribution in [0.4, 0.5) is 4.39 Å². The van der Waals surface area contributed by atoms with Gasteiger partial charge in [0.2, 0.25) is 0 Å². The Morgan fingerprint density at radius 1 is 0.933 bits per heavy atom. The number of ether oxygens (including phenoxy) is 2. The number of carbonyl (C=O) groups excluding carboxylic acids is 2. The fourth-order valence-corrected chi connectivity index (χ4v) is 3.00. The van der Waals surface area contributed by atoms with E-state index in [4.69, 9.17) is 9.47 Å². The molecule has 0 saturated carbocycles. The highest BCUT2D eigenvalue weighted by molar-refractivity contribution is 6.09. The van der Waals surface area contributed by atoms with E-state index in [1.165, 1.54) is 24.3 Å². The Hall–Kier alpha value is -3.67. The van der Waals surface area contributed by atoms with E-state index in [1.54, 1.807) is 31.4 Å². The SMILES string of the molecule is COc1ccccc1C(C)NC(=O)COc1ccc(C(=O)c2ccc(F)cc2)cc1. The lowest BCUT2D eigenvalue weighted by molar-refractivity contribution is -0.123. The van der Waals surface area contributed by atoms with E-state index in [-0.39, 0.29) is 24.3 Å². The number of para-hydroxylation sites is 1. The second kappa shape index (κ2) is 9.69. The molecule has 0 radical (unpaired) electrons. The van der Waals surface area contributed by atoms with Crippen molar-refractivity contribution in [3.05, 3.63) is 95.3 Å². The molecule has 30 heavy (non-hydrogen) atoms. The molecule has 0 aliphatic heterocycles. The maximum Gasteiger partial charge on any atom is 0.258 e. The molecule has 5 nitrogen and oxygen atoms in total. The Kier molecular flexibility index (Phi) is 6.80. The Bertz CT molecular complexity index is 1020. The van der Waals surface area contributed by atoms with Gasteiger partial charge in [0.1, 0.15) is 17.3 Å². The molecule has 3 aromatic rings. The predicted molar refractivity (Wildman–Crippen MR) is 111 cm³/mol. The number of halogens is 1. The highest BCUT2D eigenvalue weighted by atomic mass is 19.1. The van der Waals surface area contributed by atoms with Crippen LogP contribution in [0.3, 0.4) is 0 Å². The molecule has 154 valence electrons. The third-order valence-corrected chi connectivity index (χ3v) is 4.58. The van der Waals surface area contributed by atoms with Crippen LogP contribution < -0.4 is 14.8 Å². The lowest BCUT2D eigenvalue weighted by Gasteiger charge is -2.17. The van der Waals surface area contributed by atoms with Gasteiger partial charge in [-0.15, -0.1) is 0 Å². The summed E-state index contributed by atoms with van der Waals surface area (Å²) in [6.45, 7) is 1.70. The second-order valence-corrected chi connectivity index (χ2v) is 6.68. The first-order valence-corrected chi connectivity index (χ1v) is 9.43. The quantitative estimate of drug-likeness (QED) is 0.565. The van der Waals surface area contributed by atoms with E-state index in [0.717, 1.165) is 5.56 Å². The van der Waals surface area contributed by atoms with Crippen LogP contribution in [-0.2, 0) is 4.79 Å². The summed E-state index contributed by atoms with van der Waals surface area (Å²) in [4.78, 5) is 24.6. The van der Waals surface area contributed by atoms with E-state index >= 15 is 0 Å². The molecule has 0 aliphatic rings. The number of nitrogens with one attached hydrogen (secondary N) is 1. The van der Waals surface area contributed by atoms with E-state index in [1.807, 2.05) is 31.2 Å². The second-order valence-electron chi connectivity index (χ2n) is 6.68. The molecule has 1 atom stereocenters. The number of hydrogen-bond acceptors (Lipinski definition) is 4. The minimum Gasteiger partial charge on any atom is -0.496 e. The summed E-state index contributed by atoms with van der Waals surface area (Å²) < 4.78 is 23.8. The highest BCUT2D eigenvalue weighted by Gasteiger charge is 2.14. The topological polar surface area (TPSA) is 64.6 Å². The molecule has 3 rings (SSSR count). The molecule has 0 fully saturated rings. The summed E-state index contributed by atoms with van der Waals surface area (Å²) in [6.07, 6.45) is 0. The molecule has 1 N–H and O–H groups in total. The minimum absolute atomic E-state index is 0.162. The van der Waals surface area contributed by atoms with Crippen LogP contribution in [0.25, 0.3) is 0 Å². The third kappa shape index (κ3) is 5.23. The standard InChI is InChI=1S/C24H22FNO4/c1-16(21-5-3-4-6-22(21)29-2)26-23(27)15-30-20-13-9-18(10-14-20)24(28)17-7-11-19(25)12-8-17/h3-14,16H,15H2,1-2H3,(H,26,27). The summed E-state index contributed by atoms with van der Waals surface area (Å²) in [5, 5.41) is 2.87. The van der Waals surface area contributed by atoms with Gasteiger partial charge in [0.15, 0.2) is 12.4 Å². The van der Waals surface area contributed by atoms with Crippen molar-refractivity contribution in [2.24, 2.45) is 0 Å². The van der Waals surface area contributed by atoms with Crippen molar-refractivity contribution in [2.75, 3.05) is 13.7 Å². The van der Waals surface area contributed by atoms with Gasteiger partial charge in [-0.2, -0.15) is 0 Å². The highest BCUT2D eigenvalue weighted by Crippen LogP contribution is 2.24. The zero-order valence-corrected chi connectivity index (χ0v) is 16.7. The predicted octanol–water partition coefficient (Wildman–Crippen LogP) is 4.32. The Morgan fingerprint density at radius 3 is 2.17 bits per heavy atom. The zero-order valence-electron chi connectivity index (χ0n) is 16.7. The number of methoxy groups -OCH3 is 1.